The van der Waals surface area contributed by atoms with Crippen LogP contribution in [0, 0.1) is 0 Å². The highest BCUT2D eigenvalue weighted by atomic mass is 35.5. The zero-order valence-corrected chi connectivity index (χ0v) is 17.8. The van der Waals surface area contributed by atoms with Crippen LogP contribution >= 0.6 is 105 Å². The molecule has 0 amide bonds. The van der Waals surface area contributed by atoms with Gasteiger partial charge >= 0.3 is 0 Å². The maximum Gasteiger partial charge on any atom is 0.193 e. The Kier molecular flexibility index (Phi) is 6.91. The molecular formula is C14H6Cl8S. The predicted octanol–water partition coefficient (Wildman–Crippen LogP) is 8.91. The lowest BCUT2D eigenvalue weighted by Crippen LogP contribution is -2.16. The van der Waals surface area contributed by atoms with E-state index in [1.807, 2.05) is 0 Å². The van der Waals surface area contributed by atoms with Gasteiger partial charge in [-0.3, -0.25) is 0 Å². The van der Waals surface area contributed by atoms with Crippen LogP contribution in [0.2, 0.25) is 20.1 Å². The molecule has 23 heavy (non-hydrogen) atoms. The monoisotopic (exact) mass is 486 g/mol. The summed E-state index contributed by atoms with van der Waals surface area (Å²) in [6.07, 6.45) is 0. The molecule has 2 rings (SSSR count). The van der Waals surface area contributed by atoms with Crippen LogP contribution in [0.4, 0.5) is 0 Å². The smallest absolute Gasteiger partial charge is 0.0843 e. The number of halogens is 8. The van der Waals surface area contributed by atoms with Crippen LogP contribution in [0.25, 0.3) is 0 Å². The molecule has 0 atom stereocenters. The van der Waals surface area contributed by atoms with Crippen molar-refractivity contribution in [3.05, 3.63) is 67.6 Å². The Morgan fingerprint density at radius 1 is 0.609 bits per heavy atom. The van der Waals surface area contributed by atoms with Crippen LogP contribution in [0.3, 0.4) is 0 Å². The van der Waals surface area contributed by atoms with Crippen LogP contribution in [0.15, 0.2) is 36.4 Å². The summed E-state index contributed by atoms with van der Waals surface area (Å²) in [4.78, 5) is 0. The number of benzene rings is 2. The highest BCUT2D eigenvalue weighted by Crippen LogP contribution is 2.60. The van der Waals surface area contributed by atoms with Crippen LogP contribution in [-0.4, -0.2) is 0 Å². The van der Waals surface area contributed by atoms with Gasteiger partial charge in [-0.15, -0.1) is 0 Å². The molecule has 2 aromatic rings. The first kappa shape index (κ1) is 20.4. The fourth-order valence-electron chi connectivity index (χ4n) is 1.71. The maximum absolute atomic E-state index is 6.41. The summed E-state index contributed by atoms with van der Waals surface area (Å²) < 4.78 is -3.14. The minimum atomic E-state index is -1.57. The lowest BCUT2D eigenvalue weighted by Gasteiger charge is -2.29. The first-order valence-corrected chi connectivity index (χ1v) is 9.74. The minimum Gasteiger partial charge on any atom is -0.0843 e. The standard InChI is InChI=1S/C14H6Cl8S/c15-7-1-3-11(17)9(5-7)13(19,20)23-14(21,22)10-6-8(16)2-4-12(10)18/h1-6H. The molecule has 9 heteroatoms. The Balaban J connectivity index is 2.42. The zero-order valence-electron chi connectivity index (χ0n) is 10.9. The molecule has 0 fully saturated rings. The molecule has 0 spiro atoms. The molecule has 0 aliphatic rings. The second-order valence-corrected chi connectivity index (χ2v) is 11.1. The summed E-state index contributed by atoms with van der Waals surface area (Å²) >= 11 is 50.7. The molecule has 0 bridgehead atoms. The van der Waals surface area contributed by atoms with E-state index in [9.17, 15) is 0 Å². The van der Waals surface area contributed by atoms with Gasteiger partial charge in [-0.1, -0.05) is 105 Å². The van der Waals surface area contributed by atoms with Gasteiger partial charge < -0.3 is 0 Å². The third kappa shape index (κ3) is 5.06. The lowest BCUT2D eigenvalue weighted by atomic mass is 10.2. The Bertz CT molecular complexity index is 667. The highest BCUT2D eigenvalue weighted by Gasteiger charge is 2.42. The normalized spacial score (nSPS) is 12.5. The van der Waals surface area contributed by atoms with Crippen molar-refractivity contribution in [3.8, 4) is 0 Å². The molecule has 0 nitrogen and oxygen atoms in total. The summed E-state index contributed by atoms with van der Waals surface area (Å²) in [5.41, 5.74) is 0.729. The number of alkyl halides is 4. The van der Waals surface area contributed by atoms with Crippen molar-refractivity contribution in [1.82, 2.24) is 0 Å². The fourth-order valence-corrected chi connectivity index (χ4v) is 6.25. The summed E-state index contributed by atoms with van der Waals surface area (Å²) in [5, 5.41) is 1.50. The van der Waals surface area contributed by atoms with Crippen molar-refractivity contribution in [2.45, 2.75) is 7.33 Å². The second kappa shape index (κ2) is 7.78. The van der Waals surface area contributed by atoms with Crippen molar-refractivity contribution in [2.75, 3.05) is 0 Å². The summed E-state index contributed by atoms with van der Waals surface area (Å²) in [6.45, 7) is 0. The van der Waals surface area contributed by atoms with E-state index in [1.165, 1.54) is 0 Å². The fraction of sp³-hybridized carbons (Fsp3) is 0.143. The van der Waals surface area contributed by atoms with Gasteiger partial charge in [0.1, 0.15) is 0 Å². The van der Waals surface area contributed by atoms with Crippen molar-refractivity contribution in [2.24, 2.45) is 0 Å². The Labute approximate surface area is 178 Å². The van der Waals surface area contributed by atoms with Gasteiger partial charge in [0.2, 0.25) is 0 Å². The molecule has 0 aliphatic carbocycles. The zero-order chi connectivity index (χ0) is 17.4. The Morgan fingerprint density at radius 3 is 1.30 bits per heavy atom. The van der Waals surface area contributed by atoms with E-state index in [-0.39, 0.29) is 0 Å². The number of thioether (sulfide) groups is 1. The molecule has 0 unspecified atom stereocenters. The summed E-state index contributed by atoms with van der Waals surface area (Å²) in [7, 11) is 0. The largest absolute Gasteiger partial charge is 0.193 e. The Morgan fingerprint density at radius 2 is 0.957 bits per heavy atom. The van der Waals surface area contributed by atoms with Crippen molar-refractivity contribution in [1.29, 1.82) is 0 Å². The maximum atomic E-state index is 6.41. The van der Waals surface area contributed by atoms with E-state index in [4.69, 9.17) is 92.8 Å². The summed E-state index contributed by atoms with van der Waals surface area (Å²) in [6, 6.07) is 9.47. The van der Waals surface area contributed by atoms with Gasteiger partial charge in [0, 0.05) is 31.2 Å². The topological polar surface area (TPSA) is 0 Å². The van der Waals surface area contributed by atoms with Crippen LogP contribution in [0.5, 0.6) is 0 Å². The van der Waals surface area contributed by atoms with Crippen molar-refractivity contribution in [3.63, 3.8) is 0 Å². The molecule has 0 saturated heterocycles. The first-order valence-electron chi connectivity index (χ1n) is 5.90. The average Bonchev–Trinajstić information content (AvgIpc) is 2.42. The highest BCUT2D eigenvalue weighted by molar-refractivity contribution is 8.05. The molecule has 0 radical (unpaired) electrons. The molecule has 2 aromatic carbocycles. The van der Waals surface area contributed by atoms with E-state index in [0.29, 0.717) is 31.2 Å². The molecule has 0 saturated carbocycles. The van der Waals surface area contributed by atoms with Crippen LogP contribution in [-0.2, 0) is 7.33 Å². The van der Waals surface area contributed by atoms with E-state index < -0.39 is 7.33 Å². The molecule has 0 aliphatic heterocycles. The van der Waals surface area contributed by atoms with E-state index in [0.717, 1.165) is 11.8 Å². The minimum absolute atomic E-state index is 0.327. The van der Waals surface area contributed by atoms with E-state index in [2.05, 4.69) is 0 Å². The SMILES string of the molecule is Clc1ccc(Cl)c(C(Cl)(Cl)SC(Cl)(Cl)c2cc(Cl)ccc2Cl)c1. The van der Waals surface area contributed by atoms with Gasteiger partial charge in [0.25, 0.3) is 0 Å². The number of hydrogen-bond acceptors (Lipinski definition) is 1. The van der Waals surface area contributed by atoms with Gasteiger partial charge in [-0.25, -0.2) is 0 Å². The molecule has 0 heterocycles. The van der Waals surface area contributed by atoms with Crippen LogP contribution < -0.4 is 0 Å². The third-order valence-corrected chi connectivity index (χ3v) is 6.56. The van der Waals surface area contributed by atoms with Crippen LogP contribution in [0.1, 0.15) is 11.1 Å². The van der Waals surface area contributed by atoms with Crippen molar-refractivity contribution >= 4 is 105 Å². The molecule has 124 valence electrons. The van der Waals surface area contributed by atoms with E-state index >= 15 is 0 Å². The first-order chi connectivity index (χ1) is 10.5. The van der Waals surface area contributed by atoms with Gasteiger partial charge in [0.05, 0.1) is 0 Å². The number of hydrogen-bond donors (Lipinski definition) is 0. The molecule has 0 aromatic heterocycles. The summed E-state index contributed by atoms with van der Waals surface area (Å²) in [5.74, 6) is 0. The molecule has 0 N–H and O–H groups in total. The van der Waals surface area contributed by atoms with Gasteiger partial charge in [0.15, 0.2) is 7.33 Å². The lowest BCUT2D eigenvalue weighted by molar-refractivity contribution is 1.19. The second-order valence-electron chi connectivity index (χ2n) is 4.38. The van der Waals surface area contributed by atoms with E-state index in [1.54, 1.807) is 36.4 Å². The molecular weight excluding hydrogens is 484 g/mol. The van der Waals surface area contributed by atoms with Gasteiger partial charge in [-0.2, -0.15) is 0 Å². The van der Waals surface area contributed by atoms with Gasteiger partial charge in [-0.05, 0) is 36.4 Å². The predicted molar refractivity (Wildman–Crippen MR) is 107 cm³/mol. The average molecular weight is 490 g/mol. The third-order valence-electron chi connectivity index (χ3n) is 2.74. The van der Waals surface area contributed by atoms with Crippen molar-refractivity contribution < 1.29 is 0 Å². The number of rotatable bonds is 4. The quantitative estimate of drug-likeness (QED) is 0.386. The Hall–Kier alpha value is 1.11.